The zero-order valence-corrected chi connectivity index (χ0v) is 9.46. The van der Waals surface area contributed by atoms with Crippen LogP contribution in [0.4, 0.5) is 0 Å². The summed E-state index contributed by atoms with van der Waals surface area (Å²) in [5, 5.41) is 23.6. The molecule has 0 fully saturated rings. The molecule has 1 aromatic carbocycles. The molecule has 0 radical (unpaired) electrons. The summed E-state index contributed by atoms with van der Waals surface area (Å²) in [6, 6.07) is 9.60. The summed E-state index contributed by atoms with van der Waals surface area (Å²) < 4.78 is 0. The number of nitrogens with zero attached hydrogens (tertiary/aromatic N) is 5. The molecule has 0 atom stereocenters. The van der Waals surface area contributed by atoms with Crippen molar-refractivity contribution in [3.05, 3.63) is 41.2 Å². The van der Waals surface area contributed by atoms with Crippen LogP contribution in [0.5, 0.6) is 0 Å². The molecule has 1 N–H and O–H groups in total. The molecule has 6 nitrogen and oxygen atoms in total. The van der Waals surface area contributed by atoms with Crippen molar-refractivity contribution in [3.8, 4) is 6.07 Å². The predicted molar refractivity (Wildman–Crippen MR) is 60.5 cm³/mol. The number of benzene rings is 1. The maximum Gasteiger partial charge on any atom is 0.188 e. The number of hydrogen-bond acceptors (Lipinski definition) is 5. The van der Waals surface area contributed by atoms with E-state index in [0.717, 1.165) is 5.56 Å². The van der Waals surface area contributed by atoms with Gasteiger partial charge in [-0.15, -0.1) is 10.2 Å². The third-order valence-corrected chi connectivity index (χ3v) is 2.22. The highest BCUT2D eigenvalue weighted by atomic mass is 15.6. The summed E-state index contributed by atoms with van der Waals surface area (Å²) in [6.45, 7) is 1.23. The van der Waals surface area contributed by atoms with Gasteiger partial charge in [-0.05, 0) is 22.9 Å². The lowest BCUT2D eigenvalue weighted by Gasteiger charge is -2.02. The Labute approximate surface area is 98.9 Å². The molecule has 0 aliphatic heterocycles. The third-order valence-electron chi connectivity index (χ3n) is 2.22. The van der Waals surface area contributed by atoms with E-state index in [-0.39, 0.29) is 0 Å². The van der Waals surface area contributed by atoms with Gasteiger partial charge in [-0.1, -0.05) is 12.1 Å². The van der Waals surface area contributed by atoms with Crippen LogP contribution in [-0.4, -0.2) is 20.2 Å². The Morgan fingerprint density at radius 3 is 3.00 bits per heavy atom. The minimum atomic E-state index is 0.560. The van der Waals surface area contributed by atoms with Crippen LogP contribution in [0.2, 0.25) is 0 Å². The Hall–Kier alpha value is -2.26. The van der Waals surface area contributed by atoms with E-state index in [1.54, 1.807) is 13.1 Å². The van der Waals surface area contributed by atoms with Gasteiger partial charge >= 0.3 is 0 Å². The van der Waals surface area contributed by atoms with Crippen molar-refractivity contribution in [2.45, 2.75) is 13.1 Å². The van der Waals surface area contributed by atoms with Crippen LogP contribution < -0.4 is 5.32 Å². The molecule has 0 aliphatic rings. The summed E-state index contributed by atoms with van der Waals surface area (Å²) in [7, 11) is 1.73. The first kappa shape index (κ1) is 11.2. The van der Waals surface area contributed by atoms with Gasteiger partial charge in [-0.25, -0.2) is 0 Å². The first-order valence-corrected chi connectivity index (χ1v) is 5.20. The van der Waals surface area contributed by atoms with Gasteiger partial charge in [0.2, 0.25) is 0 Å². The highest BCUT2D eigenvalue weighted by Crippen LogP contribution is 2.03. The van der Waals surface area contributed by atoms with Crippen molar-refractivity contribution in [2.75, 3.05) is 0 Å². The van der Waals surface area contributed by atoms with Gasteiger partial charge in [0.15, 0.2) is 5.82 Å². The molecule has 2 rings (SSSR count). The number of tetrazole rings is 1. The minimum Gasteiger partial charge on any atom is -0.306 e. The zero-order valence-electron chi connectivity index (χ0n) is 9.46. The van der Waals surface area contributed by atoms with E-state index >= 15 is 0 Å². The Morgan fingerprint density at radius 2 is 2.29 bits per heavy atom. The summed E-state index contributed by atoms with van der Waals surface area (Å²) in [5.41, 5.74) is 1.73. The van der Waals surface area contributed by atoms with Crippen LogP contribution in [0, 0.1) is 11.3 Å². The number of nitrogens with one attached hydrogen (secondary N) is 1. The lowest BCUT2D eigenvalue weighted by molar-refractivity contribution is 0.619. The molecule has 86 valence electrons. The van der Waals surface area contributed by atoms with E-state index in [1.807, 2.05) is 18.2 Å². The second kappa shape index (κ2) is 5.18. The molecule has 0 spiro atoms. The van der Waals surface area contributed by atoms with Crippen LogP contribution in [0.3, 0.4) is 0 Å². The average Bonchev–Trinajstić information content (AvgIpc) is 2.75. The first-order valence-electron chi connectivity index (χ1n) is 5.20. The van der Waals surface area contributed by atoms with Gasteiger partial charge in [-0.2, -0.15) is 10.1 Å². The fraction of sp³-hybridized carbons (Fsp3) is 0.273. The normalized spacial score (nSPS) is 10.1. The molecule has 6 heteroatoms. The van der Waals surface area contributed by atoms with Gasteiger partial charge in [-0.3, -0.25) is 0 Å². The molecule has 1 heterocycles. The SMILES string of the molecule is Cn1nnc(CNCc2cccc(C#N)c2)n1. The Kier molecular flexibility index (Phi) is 3.43. The van der Waals surface area contributed by atoms with E-state index in [0.29, 0.717) is 24.5 Å². The maximum absolute atomic E-state index is 8.77. The Morgan fingerprint density at radius 1 is 1.41 bits per heavy atom. The van der Waals surface area contributed by atoms with Gasteiger partial charge in [0.05, 0.1) is 25.2 Å². The van der Waals surface area contributed by atoms with Crippen LogP contribution in [-0.2, 0) is 20.1 Å². The fourth-order valence-electron chi connectivity index (χ4n) is 1.46. The van der Waals surface area contributed by atoms with Crippen molar-refractivity contribution in [3.63, 3.8) is 0 Å². The monoisotopic (exact) mass is 228 g/mol. The highest BCUT2D eigenvalue weighted by molar-refractivity contribution is 5.32. The van der Waals surface area contributed by atoms with Gasteiger partial charge in [0.1, 0.15) is 0 Å². The van der Waals surface area contributed by atoms with Crippen molar-refractivity contribution < 1.29 is 0 Å². The first-order chi connectivity index (χ1) is 8.28. The summed E-state index contributed by atoms with van der Waals surface area (Å²) >= 11 is 0. The number of nitriles is 1. The molecule has 2 aromatic rings. The lowest BCUT2D eigenvalue weighted by atomic mass is 10.1. The van der Waals surface area contributed by atoms with E-state index in [2.05, 4.69) is 26.8 Å². The van der Waals surface area contributed by atoms with Gasteiger partial charge in [0, 0.05) is 6.54 Å². The standard InChI is InChI=1S/C11H12N6/c1-17-15-11(14-16-17)8-13-7-10-4-2-3-9(5-10)6-12/h2-5,13H,7-8H2,1H3. The molecule has 17 heavy (non-hydrogen) atoms. The number of aromatic nitrogens is 4. The van der Waals surface area contributed by atoms with Crippen LogP contribution in [0.15, 0.2) is 24.3 Å². The molecular formula is C11H12N6. The topological polar surface area (TPSA) is 79.4 Å². The quantitative estimate of drug-likeness (QED) is 0.818. The maximum atomic E-state index is 8.77. The molecule has 0 bridgehead atoms. The minimum absolute atomic E-state index is 0.560. The Balaban J connectivity index is 1.88. The van der Waals surface area contributed by atoms with Gasteiger partial charge < -0.3 is 5.32 Å². The second-order valence-electron chi connectivity index (χ2n) is 3.61. The third kappa shape index (κ3) is 3.09. The zero-order chi connectivity index (χ0) is 12.1. The number of hydrogen-bond donors (Lipinski definition) is 1. The highest BCUT2D eigenvalue weighted by Gasteiger charge is 2.00. The van der Waals surface area contributed by atoms with E-state index in [9.17, 15) is 0 Å². The van der Waals surface area contributed by atoms with E-state index < -0.39 is 0 Å². The molecule has 0 amide bonds. The van der Waals surface area contributed by atoms with Crippen LogP contribution in [0.25, 0.3) is 0 Å². The molecule has 0 unspecified atom stereocenters. The molecule has 0 aliphatic carbocycles. The molecule has 1 aromatic heterocycles. The second-order valence-corrected chi connectivity index (χ2v) is 3.61. The van der Waals surface area contributed by atoms with Crippen molar-refractivity contribution in [1.82, 2.24) is 25.5 Å². The summed E-state index contributed by atoms with van der Waals surface area (Å²) in [6.07, 6.45) is 0. The predicted octanol–water partition coefficient (Wildman–Crippen LogP) is 0.372. The van der Waals surface area contributed by atoms with Crippen molar-refractivity contribution in [1.29, 1.82) is 5.26 Å². The number of rotatable bonds is 4. The van der Waals surface area contributed by atoms with Crippen molar-refractivity contribution in [2.24, 2.45) is 7.05 Å². The van der Waals surface area contributed by atoms with E-state index in [4.69, 9.17) is 5.26 Å². The largest absolute Gasteiger partial charge is 0.306 e. The smallest absolute Gasteiger partial charge is 0.188 e. The van der Waals surface area contributed by atoms with Crippen molar-refractivity contribution >= 4 is 0 Å². The van der Waals surface area contributed by atoms with Gasteiger partial charge in [0.25, 0.3) is 0 Å². The Bertz CT molecular complexity index is 539. The fourth-order valence-corrected chi connectivity index (χ4v) is 1.46. The average molecular weight is 228 g/mol. The molecular weight excluding hydrogens is 216 g/mol. The molecule has 0 saturated heterocycles. The lowest BCUT2D eigenvalue weighted by Crippen LogP contribution is -2.14. The molecule has 0 saturated carbocycles. The van der Waals surface area contributed by atoms with E-state index in [1.165, 1.54) is 4.80 Å². The summed E-state index contributed by atoms with van der Waals surface area (Å²) in [5.74, 6) is 0.656. The number of aryl methyl sites for hydroxylation is 1. The van der Waals surface area contributed by atoms with Crippen LogP contribution >= 0.6 is 0 Å². The summed E-state index contributed by atoms with van der Waals surface area (Å²) in [4.78, 5) is 1.42. The van der Waals surface area contributed by atoms with Crippen LogP contribution in [0.1, 0.15) is 17.0 Å².